The highest BCUT2D eigenvalue weighted by Gasteiger charge is 2.36. The highest BCUT2D eigenvalue weighted by Crippen LogP contribution is 2.37. The third kappa shape index (κ3) is 3.74. The molecule has 2 N–H and O–H groups in total. The zero-order valence-corrected chi connectivity index (χ0v) is 15.3. The topological polar surface area (TPSA) is 53.6 Å². The first-order chi connectivity index (χ1) is 12.0. The molecule has 0 radical (unpaired) electrons. The van der Waals surface area contributed by atoms with Gasteiger partial charge in [0.15, 0.2) is 11.2 Å². The number of fused-ring (bicyclic) bond motifs is 1. The molecule has 2 unspecified atom stereocenters. The number of thiocarbonyl (C=S) groups is 1. The summed E-state index contributed by atoms with van der Waals surface area (Å²) >= 11 is 5.25. The lowest BCUT2D eigenvalue weighted by Gasteiger charge is -2.17. The zero-order valence-electron chi connectivity index (χ0n) is 14.4. The molecule has 1 heterocycles. The van der Waals surface area contributed by atoms with Crippen LogP contribution in [0.15, 0.2) is 48.5 Å². The molecule has 1 aliphatic heterocycles. The summed E-state index contributed by atoms with van der Waals surface area (Å²) < 4.78 is 5.77. The normalized spacial score (nSPS) is 18.0. The van der Waals surface area contributed by atoms with Gasteiger partial charge in [-0.25, -0.2) is 0 Å². The van der Waals surface area contributed by atoms with Gasteiger partial charge in [-0.15, -0.1) is 0 Å². The Hall–Kier alpha value is -2.60. The Morgan fingerprint density at radius 2 is 1.80 bits per heavy atom. The van der Waals surface area contributed by atoms with Crippen molar-refractivity contribution in [3.05, 3.63) is 54.1 Å². The molecule has 2 atom stereocenters. The Kier molecular flexibility index (Phi) is 4.90. The number of hydrogen-bond acceptors (Lipinski definition) is 4. The van der Waals surface area contributed by atoms with E-state index in [9.17, 15) is 4.79 Å². The van der Waals surface area contributed by atoms with Crippen molar-refractivity contribution >= 4 is 34.6 Å². The van der Waals surface area contributed by atoms with E-state index in [-0.39, 0.29) is 16.9 Å². The van der Waals surface area contributed by atoms with Crippen molar-refractivity contribution in [3.63, 3.8) is 0 Å². The highest BCUT2D eigenvalue weighted by molar-refractivity contribution is 7.80. The van der Waals surface area contributed by atoms with E-state index in [0.717, 1.165) is 22.7 Å². The second-order valence-electron chi connectivity index (χ2n) is 6.25. The first-order valence-electron chi connectivity index (χ1n) is 8.10. The first kappa shape index (κ1) is 17.2. The number of carbonyl (C=O) groups excluding carboxylic acids is 1. The fourth-order valence-electron chi connectivity index (χ4n) is 2.83. The average Bonchev–Trinajstić information content (AvgIpc) is 2.92. The third-order valence-corrected chi connectivity index (χ3v) is 4.46. The number of anilines is 2. The maximum atomic E-state index is 12.5. The van der Waals surface area contributed by atoms with Crippen molar-refractivity contribution in [2.75, 3.05) is 24.3 Å². The summed E-state index contributed by atoms with van der Waals surface area (Å²) in [7, 11) is 3.96. The van der Waals surface area contributed by atoms with E-state index >= 15 is 0 Å². The van der Waals surface area contributed by atoms with Crippen LogP contribution in [0.3, 0.4) is 0 Å². The molecule has 2 aromatic carbocycles. The number of benzene rings is 2. The summed E-state index contributed by atoms with van der Waals surface area (Å²) in [5.41, 5.74) is 2.95. The lowest BCUT2D eigenvalue weighted by Crippen LogP contribution is -2.43. The quantitative estimate of drug-likeness (QED) is 0.829. The summed E-state index contributed by atoms with van der Waals surface area (Å²) in [6, 6.07) is 15.5. The van der Waals surface area contributed by atoms with Crippen LogP contribution in [0.5, 0.6) is 5.75 Å². The van der Waals surface area contributed by atoms with E-state index in [0.29, 0.717) is 0 Å². The summed E-state index contributed by atoms with van der Waals surface area (Å²) in [4.78, 5) is 14.5. The van der Waals surface area contributed by atoms with Crippen molar-refractivity contribution < 1.29 is 9.53 Å². The molecule has 130 valence electrons. The Labute approximate surface area is 153 Å². The van der Waals surface area contributed by atoms with Gasteiger partial charge in [0.05, 0.1) is 0 Å². The van der Waals surface area contributed by atoms with Crippen LogP contribution >= 0.6 is 12.2 Å². The number of nitrogens with zero attached hydrogens (tertiary/aromatic N) is 1. The number of para-hydroxylation sites is 1. The van der Waals surface area contributed by atoms with E-state index in [2.05, 4.69) is 10.6 Å². The molecular weight excluding hydrogens is 334 g/mol. The van der Waals surface area contributed by atoms with Gasteiger partial charge in [-0.05, 0) is 42.5 Å². The van der Waals surface area contributed by atoms with Crippen molar-refractivity contribution in [3.8, 4) is 5.75 Å². The molecule has 0 bridgehead atoms. The summed E-state index contributed by atoms with van der Waals surface area (Å²) in [6.45, 7) is 1.98. The second kappa shape index (κ2) is 7.11. The molecule has 0 aliphatic carbocycles. The monoisotopic (exact) mass is 355 g/mol. The minimum Gasteiger partial charge on any atom is -0.480 e. The molecule has 3 rings (SSSR count). The van der Waals surface area contributed by atoms with Gasteiger partial charge >= 0.3 is 0 Å². The van der Waals surface area contributed by atoms with Gasteiger partial charge in [0.2, 0.25) is 0 Å². The van der Waals surface area contributed by atoms with E-state index in [4.69, 9.17) is 17.0 Å². The van der Waals surface area contributed by atoms with Gasteiger partial charge < -0.3 is 15.0 Å². The SMILES string of the molecule is CC1c2ccccc2OC1C(=O)NC(=S)Nc1ccc(N(C)C)cc1. The Balaban J connectivity index is 1.59. The number of rotatable bonds is 3. The molecule has 2 aromatic rings. The predicted octanol–water partition coefficient (Wildman–Crippen LogP) is 3.13. The van der Waals surface area contributed by atoms with Gasteiger partial charge in [-0.2, -0.15) is 0 Å². The maximum Gasteiger partial charge on any atom is 0.267 e. The molecule has 0 fully saturated rings. The van der Waals surface area contributed by atoms with Crippen molar-refractivity contribution in [1.29, 1.82) is 0 Å². The van der Waals surface area contributed by atoms with Crippen LogP contribution in [0, 0.1) is 0 Å². The summed E-state index contributed by atoms with van der Waals surface area (Å²) in [5, 5.41) is 6.00. The van der Waals surface area contributed by atoms with Crippen molar-refractivity contribution in [2.24, 2.45) is 0 Å². The number of hydrogen-bond donors (Lipinski definition) is 2. The van der Waals surface area contributed by atoms with E-state index in [1.54, 1.807) is 0 Å². The highest BCUT2D eigenvalue weighted by atomic mass is 32.1. The van der Waals surface area contributed by atoms with Gasteiger partial charge in [0, 0.05) is 37.0 Å². The molecular formula is C19H21N3O2S. The van der Waals surface area contributed by atoms with E-state index in [1.165, 1.54) is 0 Å². The summed E-state index contributed by atoms with van der Waals surface area (Å²) in [5.74, 6) is 0.498. The van der Waals surface area contributed by atoms with Gasteiger partial charge in [-0.3, -0.25) is 10.1 Å². The van der Waals surface area contributed by atoms with Crippen LogP contribution < -0.4 is 20.3 Å². The van der Waals surface area contributed by atoms with Crippen LogP contribution in [0.4, 0.5) is 11.4 Å². The van der Waals surface area contributed by atoms with Crippen LogP contribution in [0.2, 0.25) is 0 Å². The number of ether oxygens (including phenoxy) is 1. The molecule has 0 saturated carbocycles. The van der Waals surface area contributed by atoms with Crippen LogP contribution in [0.25, 0.3) is 0 Å². The van der Waals surface area contributed by atoms with Gasteiger partial charge in [0.1, 0.15) is 5.75 Å². The molecule has 6 heteroatoms. The van der Waals surface area contributed by atoms with Gasteiger partial charge in [0.25, 0.3) is 5.91 Å². The van der Waals surface area contributed by atoms with Gasteiger partial charge in [-0.1, -0.05) is 25.1 Å². The fourth-order valence-corrected chi connectivity index (χ4v) is 3.05. The maximum absolute atomic E-state index is 12.5. The average molecular weight is 355 g/mol. The molecule has 25 heavy (non-hydrogen) atoms. The summed E-state index contributed by atoms with van der Waals surface area (Å²) in [6.07, 6.45) is -0.576. The van der Waals surface area contributed by atoms with E-state index < -0.39 is 6.10 Å². The number of nitrogens with one attached hydrogen (secondary N) is 2. The smallest absolute Gasteiger partial charge is 0.267 e. The molecule has 5 nitrogen and oxygen atoms in total. The molecule has 1 aliphatic rings. The van der Waals surface area contributed by atoms with Crippen LogP contribution in [0.1, 0.15) is 18.4 Å². The standard InChI is InChI=1S/C19H21N3O2S/c1-12-15-6-4-5-7-16(15)24-17(12)18(23)21-19(25)20-13-8-10-14(11-9-13)22(2)3/h4-12,17H,1-3H3,(H2,20,21,23,25). The predicted molar refractivity (Wildman–Crippen MR) is 104 cm³/mol. The lowest BCUT2D eigenvalue weighted by molar-refractivity contribution is -0.126. The lowest BCUT2D eigenvalue weighted by atomic mass is 9.97. The number of amides is 1. The first-order valence-corrected chi connectivity index (χ1v) is 8.51. The number of carbonyl (C=O) groups is 1. The Morgan fingerprint density at radius 1 is 1.12 bits per heavy atom. The molecule has 0 spiro atoms. The Bertz CT molecular complexity index is 790. The van der Waals surface area contributed by atoms with Crippen LogP contribution in [-0.2, 0) is 4.79 Å². The fraction of sp³-hybridized carbons (Fsp3) is 0.263. The Morgan fingerprint density at radius 3 is 2.44 bits per heavy atom. The minimum absolute atomic E-state index is 0.0154. The molecule has 0 aromatic heterocycles. The van der Waals surface area contributed by atoms with Crippen LogP contribution in [-0.4, -0.2) is 31.2 Å². The molecule has 1 amide bonds. The third-order valence-electron chi connectivity index (χ3n) is 4.25. The van der Waals surface area contributed by atoms with Crippen molar-refractivity contribution in [1.82, 2.24) is 5.32 Å². The van der Waals surface area contributed by atoms with Crippen molar-refractivity contribution in [2.45, 2.75) is 18.9 Å². The molecule has 0 saturated heterocycles. The largest absolute Gasteiger partial charge is 0.480 e. The van der Waals surface area contributed by atoms with E-state index in [1.807, 2.05) is 74.4 Å². The second-order valence-corrected chi connectivity index (χ2v) is 6.66. The zero-order chi connectivity index (χ0) is 18.0. The minimum atomic E-state index is -0.576.